The molecule has 34 heavy (non-hydrogen) atoms. The third-order valence-electron chi connectivity index (χ3n) is 7.00. The molecule has 1 aliphatic heterocycles. The summed E-state index contributed by atoms with van der Waals surface area (Å²) in [5.41, 5.74) is 2.88. The van der Waals surface area contributed by atoms with E-state index in [4.69, 9.17) is 0 Å². The summed E-state index contributed by atoms with van der Waals surface area (Å²) in [6.07, 6.45) is 3.92. The Labute approximate surface area is 201 Å². The molecule has 0 radical (unpaired) electrons. The number of aromatic nitrogens is 3. The molecule has 7 nitrogen and oxygen atoms in total. The van der Waals surface area contributed by atoms with Crippen molar-refractivity contribution in [3.63, 3.8) is 0 Å². The van der Waals surface area contributed by atoms with E-state index in [0.29, 0.717) is 18.5 Å². The Bertz CT molecular complexity index is 1190. The molecule has 1 N–H and O–H groups in total. The van der Waals surface area contributed by atoms with Crippen LogP contribution in [0.4, 0.5) is 0 Å². The molecule has 1 aliphatic rings. The fourth-order valence-electron chi connectivity index (χ4n) is 5.46. The zero-order valence-corrected chi connectivity index (χ0v) is 20.9. The molecule has 1 amide bonds. The summed E-state index contributed by atoms with van der Waals surface area (Å²) in [7, 11) is 0. The molecule has 2 atom stereocenters. The Morgan fingerprint density at radius 3 is 2.50 bits per heavy atom. The molecule has 1 aromatic carbocycles. The maximum atomic E-state index is 13.2. The number of hydrogen-bond donors (Lipinski definition) is 1. The van der Waals surface area contributed by atoms with Gasteiger partial charge >= 0.3 is 0 Å². The van der Waals surface area contributed by atoms with Gasteiger partial charge in [0.05, 0.1) is 11.6 Å². The van der Waals surface area contributed by atoms with Crippen molar-refractivity contribution in [2.45, 2.75) is 53.6 Å². The van der Waals surface area contributed by atoms with Crippen molar-refractivity contribution in [3.8, 4) is 0 Å². The van der Waals surface area contributed by atoms with Crippen molar-refractivity contribution >= 4 is 16.7 Å². The van der Waals surface area contributed by atoms with E-state index in [0.717, 1.165) is 54.7 Å². The summed E-state index contributed by atoms with van der Waals surface area (Å²) in [5.74, 6) is 1.30. The van der Waals surface area contributed by atoms with Crippen LogP contribution >= 0.6 is 0 Å². The summed E-state index contributed by atoms with van der Waals surface area (Å²) in [6, 6.07) is 10.2. The lowest BCUT2D eigenvalue weighted by Gasteiger charge is -2.34. The van der Waals surface area contributed by atoms with E-state index >= 15 is 0 Å². The van der Waals surface area contributed by atoms with Crippen LogP contribution in [0.1, 0.15) is 43.6 Å². The van der Waals surface area contributed by atoms with E-state index in [9.17, 15) is 9.59 Å². The number of carbonyl (C=O) groups excluding carboxylic acids is 1. The highest BCUT2D eigenvalue weighted by atomic mass is 16.2. The maximum Gasteiger partial charge on any atom is 0.276 e. The van der Waals surface area contributed by atoms with Gasteiger partial charge in [-0.15, -0.1) is 0 Å². The van der Waals surface area contributed by atoms with Crippen LogP contribution in [0.5, 0.6) is 0 Å². The average Bonchev–Trinajstić information content (AvgIpc) is 3.04. The highest BCUT2D eigenvalue weighted by Gasteiger charge is 2.21. The predicted octanol–water partition coefficient (Wildman–Crippen LogP) is 3.35. The summed E-state index contributed by atoms with van der Waals surface area (Å²) in [5, 5.41) is 8.76. The third kappa shape index (κ3) is 5.41. The SMILES string of the molecule is Cc1c2cnn(CC(=O)NCCCN3C[C@@H](C)C[C@H](C)C3)c(=O)c2c(C)n1Cc1ccccc1. The van der Waals surface area contributed by atoms with E-state index < -0.39 is 0 Å². The van der Waals surface area contributed by atoms with Crippen LogP contribution in [0.25, 0.3) is 10.8 Å². The van der Waals surface area contributed by atoms with Crippen molar-refractivity contribution < 1.29 is 4.79 Å². The molecule has 3 aromatic rings. The Balaban J connectivity index is 1.38. The van der Waals surface area contributed by atoms with Gasteiger partial charge < -0.3 is 14.8 Å². The lowest BCUT2D eigenvalue weighted by Crippen LogP contribution is -2.40. The molecule has 0 bridgehead atoms. The number of benzene rings is 1. The second kappa shape index (κ2) is 10.6. The van der Waals surface area contributed by atoms with Gasteiger partial charge in [-0.1, -0.05) is 44.2 Å². The molecule has 0 aliphatic carbocycles. The molecule has 0 saturated carbocycles. The topological polar surface area (TPSA) is 72.2 Å². The first-order chi connectivity index (χ1) is 16.3. The summed E-state index contributed by atoms with van der Waals surface area (Å²) < 4.78 is 3.43. The summed E-state index contributed by atoms with van der Waals surface area (Å²) in [4.78, 5) is 28.2. The van der Waals surface area contributed by atoms with Crippen LogP contribution in [-0.4, -0.2) is 51.3 Å². The van der Waals surface area contributed by atoms with Gasteiger partial charge in [0, 0.05) is 43.0 Å². The van der Waals surface area contributed by atoms with Crippen molar-refractivity contribution in [2.75, 3.05) is 26.2 Å². The fraction of sp³-hybridized carbons (Fsp3) is 0.519. The van der Waals surface area contributed by atoms with Crippen molar-refractivity contribution in [1.82, 2.24) is 24.6 Å². The van der Waals surface area contributed by atoms with Gasteiger partial charge in [0.1, 0.15) is 6.54 Å². The van der Waals surface area contributed by atoms with E-state index in [-0.39, 0.29) is 18.0 Å². The second-order valence-electron chi connectivity index (χ2n) is 10.0. The van der Waals surface area contributed by atoms with Crippen LogP contribution in [0.3, 0.4) is 0 Å². The zero-order valence-electron chi connectivity index (χ0n) is 20.9. The predicted molar refractivity (Wildman–Crippen MR) is 136 cm³/mol. The molecule has 2 aromatic heterocycles. The maximum absolute atomic E-state index is 13.2. The number of nitrogens with zero attached hydrogens (tertiary/aromatic N) is 4. The van der Waals surface area contributed by atoms with Crippen molar-refractivity contribution in [2.24, 2.45) is 11.8 Å². The summed E-state index contributed by atoms with van der Waals surface area (Å²) >= 11 is 0. The Morgan fingerprint density at radius 2 is 1.79 bits per heavy atom. The molecule has 0 spiro atoms. The Morgan fingerprint density at radius 1 is 1.09 bits per heavy atom. The van der Waals surface area contributed by atoms with Crippen LogP contribution in [0.15, 0.2) is 41.3 Å². The lowest BCUT2D eigenvalue weighted by molar-refractivity contribution is -0.121. The van der Waals surface area contributed by atoms with Gasteiger partial charge in [-0.3, -0.25) is 9.59 Å². The minimum atomic E-state index is -0.212. The molecule has 3 heterocycles. The van der Waals surface area contributed by atoms with Crippen LogP contribution < -0.4 is 10.9 Å². The first-order valence-corrected chi connectivity index (χ1v) is 12.4. The highest BCUT2D eigenvalue weighted by molar-refractivity contribution is 5.87. The smallest absolute Gasteiger partial charge is 0.276 e. The monoisotopic (exact) mass is 463 g/mol. The number of fused-ring (bicyclic) bond motifs is 1. The van der Waals surface area contributed by atoms with E-state index in [1.807, 2.05) is 32.0 Å². The van der Waals surface area contributed by atoms with Gasteiger partial charge in [-0.25, -0.2) is 4.68 Å². The number of likely N-dealkylation sites (tertiary alicyclic amines) is 1. The minimum Gasteiger partial charge on any atom is -0.354 e. The van der Waals surface area contributed by atoms with Crippen molar-refractivity contribution in [1.29, 1.82) is 0 Å². The number of carbonyl (C=O) groups is 1. The van der Waals surface area contributed by atoms with Gasteiger partial charge in [0.25, 0.3) is 5.56 Å². The van der Waals surface area contributed by atoms with E-state index in [1.54, 1.807) is 6.20 Å². The van der Waals surface area contributed by atoms with Gasteiger partial charge in [-0.05, 0) is 50.6 Å². The lowest BCUT2D eigenvalue weighted by atomic mass is 9.92. The molecule has 7 heteroatoms. The van der Waals surface area contributed by atoms with Crippen molar-refractivity contribution in [3.05, 3.63) is 63.8 Å². The minimum absolute atomic E-state index is 0.0606. The molecular weight excluding hydrogens is 426 g/mol. The molecule has 1 fully saturated rings. The number of amides is 1. The highest BCUT2D eigenvalue weighted by Crippen LogP contribution is 2.23. The average molecular weight is 464 g/mol. The number of rotatable bonds is 8. The Hall–Kier alpha value is -2.93. The molecule has 4 rings (SSSR count). The molecule has 1 saturated heterocycles. The van der Waals surface area contributed by atoms with Crippen LogP contribution in [-0.2, 0) is 17.9 Å². The number of piperidine rings is 1. The molecular formula is C27H37N5O2. The summed E-state index contributed by atoms with van der Waals surface area (Å²) in [6.45, 7) is 13.1. The fourth-order valence-corrected chi connectivity index (χ4v) is 5.46. The first kappa shape index (κ1) is 24.2. The van der Waals surface area contributed by atoms with Gasteiger partial charge in [0.2, 0.25) is 5.91 Å². The second-order valence-corrected chi connectivity index (χ2v) is 10.0. The molecule has 0 unspecified atom stereocenters. The largest absolute Gasteiger partial charge is 0.354 e. The van der Waals surface area contributed by atoms with Gasteiger partial charge in [0.15, 0.2) is 0 Å². The quantitative estimate of drug-likeness (QED) is 0.520. The van der Waals surface area contributed by atoms with Crippen LogP contribution in [0.2, 0.25) is 0 Å². The number of nitrogens with one attached hydrogen (secondary N) is 1. The molecule has 182 valence electrons. The van der Waals surface area contributed by atoms with Gasteiger partial charge in [-0.2, -0.15) is 5.10 Å². The van der Waals surface area contributed by atoms with E-state index in [2.05, 4.69) is 45.9 Å². The Kier molecular flexibility index (Phi) is 7.51. The normalized spacial score (nSPS) is 18.9. The number of aryl methyl sites for hydroxylation is 2. The standard InChI is InChI=1S/C27H37N5O2/c1-19-13-20(2)16-30(15-19)12-8-11-28-25(33)18-32-27(34)26-22(4)31(21(3)24(26)14-29-32)17-23-9-6-5-7-10-23/h5-7,9-10,14,19-20H,8,11-13,15-18H2,1-4H3,(H,28,33)/t19-,20-/m0/s1. The third-order valence-corrected chi connectivity index (χ3v) is 7.00. The number of hydrogen-bond acceptors (Lipinski definition) is 4. The van der Waals surface area contributed by atoms with Crippen LogP contribution in [0, 0.1) is 25.7 Å². The zero-order chi connectivity index (χ0) is 24.2. The first-order valence-electron chi connectivity index (χ1n) is 12.4. The van der Waals surface area contributed by atoms with E-state index in [1.165, 1.54) is 16.7 Å².